The average molecular weight is 286 g/mol. The van der Waals surface area contributed by atoms with Gasteiger partial charge in [-0.25, -0.2) is 0 Å². The van der Waals surface area contributed by atoms with Crippen LogP contribution in [-0.4, -0.2) is 42.1 Å². The Morgan fingerprint density at radius 1 is 1.42 bits per heavy atom. The SMILES string of the molecule is CC(CN(C)C(=O)COc1ccccc1Cl)C(=O)O. The van der Waals surface area contributed by atoms with Crippen LogP contribution in [0, 0.1) is 5.92 Å². The van der Waals surface area contributed by atoms with Crippen LogP contribution in [0.2, 0.25) is 5.02 Å². The van der Waals surface area contributed by atoms with Crippen LogP contribution in [0.3, 0.4) is 0 Å². The number of hydrogen-bond acceptors (Lipinski definition) is 3. The molecule has 0 heterocycles. The van der Waals surface area contributed by atoms with E-state index >= 15 is 0 Å². The molecule has 0 fully saturated rings. The van der Waals surface area contributed by atoms with Crippen LogP contribution in [0.25, 0.3) is 0 Å². The van der Waals surface area contributed by atoms with E-state index in [2.05, 4.69) is 0 Å². The smallest absolute Gasteiger partial charge is 0.308 e. The van der Waals surface area contributed by atoms with Crippen LogP contribution in [-0.2, 0) is 9.59 Å². The van der Waals surface area contributed by atoms with Crippen molar-refractivity contribution in [3.63, 3.8) is 0 Å². The lowest BCUT2D eigenvalue weighted by Crippen LogP contribution is -2.36. The summed E-state index contributed by atoms with van der Waals surface area (Å²) in [5.74, 6) is -1.42. The van der Waals surface area contributed by atoms with Crippen LogP contribution in [0.15, 0.2) is 24.3 Å². The zero-order valence-corrected chi connectivity index (χ0v) is 11.6. The van der Waals surface area contributed by atoms with Gasteiger partial charge in [0.1, 0.15) is 5.75 Å². The number of aliphatic carboxylic acids is 1. The molecule has 0 aromatic heterocycles. The number of likely N-dealkylation sites (N-methyl/N-ethyl adjacent to an activating group) is 1. The molecule has 0 aliphatic carbocycles. The maximum absolute atomic E-state index is 11.8. The number of carbonyl (C=O) groups is 2. The van der Waals surface area contributed by atoms with Crippen molar-refractivity contribution in [2.75, 3.05) is 20.2 Å². The maximum Gasteiger partial charge on any atom is 0.308 e. The summed E-state index contributed by atoms with van der Waals surface area (Å²) in [6, 6.07) is 6.84. The van der Waals surface area contributed by atoms with Gasteiger partial charge in [-0.05, 0) is 12.1 Å². The zero-order chi connectivity index (χ0) is 14.4. The van der Waals surface area contributed by atoms with Crippen LogP contribution >= 0.6 is 11.6 Å². The lowest BCUT2D eigenvalue weighted by molar-refractivity contribution is -0.143. The molecule has 1 rings (SSSR count). The molecule has 6 heteroatoms. The minimum Gasteiger partial charge on any atom is -0.482 e. The fourth-order valence-corrected chi connectivity index (χ4v) is 1.59. The Hall–Kier alpha value is -1.75. The first-order chi connectivity index (χ1) is 8.91. The van der Waals surface area contributed by atoms with Crippen molar-refractivity contribution in [2.24, 2.45) is 5.92 Å². The fraction of sp³-hybridized carbons (Fsp3) is 0.385. The predicted molar refractivity (Wildman–Crippen MR) is 71.4 cm³/mol. The highest BCUT2D eigenvalue weighted by atomic mass is 35.5. The molecule has 1 aromatic carbocycles. The number of halogens is 1. The number of ether oxygens (including phenoxy) is 1. The Morgan fingerprint density at radius 2 is 2.05 bits per heavy atom. The first kappa shape index (κ1) is 15.3. The van der Waals surface area contributed by atoms with Crippen molar-refractivity contribution in [2.45, 2.75) is 6.92 Å². The molecule has 1 aromatic rings. The molecule has 1 N–H and O–H groups in total. The average Bonchev–Trinajstić information content (AvgIpc) is 2.37. The highest BCUT2D eigenvalue weighted by Gasteiger charge is 2.17. The largest absolute Gasteiger partial charge is 0.482 e. The second-order valence-corrected chi connectivity index (χ2v) is 4.64. The van der Waals surface area contributed by atoms with Crippen molar-refractivity contribution in [1.82, 2.24) is 4.90 Å². The van der Waals surface area contributed by atoms with Gasteiger partial charge in [0.05, 0.1) is 10.9 Å². The summed E-state index contributed by atoms with van der Waals surface area (Å²) in [6.07, 6.45) is 0. The third-order valence-corrected chi connectivity index (χ3v) is 2.90. The third-order valence-electron chi connectivity index (χ3n) is 2.58. The van der Waals surface area contributed by atoms with E-state index in [1.807, 2.05) is 0 Å². The van der Waals surface area contributed by atoms with E-state index in [9.17, 15) is 9.59 Å². The molecule has 0 aliphatic heterocycles. The van der Waals surface area contributed by atoms with E-state index < -0.39 is 11.9 Å². The molecule has 0 aliphatic rings. The number of hydrogen-bond donors (Lipinski definition) is 1. The van der Waals surface area contributed by atoms with Crippen LogP contribution in [0.1, 0.15) is 6.92 Å². The van der Waals surface area contributed by atoms with Gasteiger partial charge in [0.15, 0.2) is 6.61 Å². The molecule has 0 radical (unpaired) electrons. The Balaban J connectivity index is 2.47. The monoisotopic (exact) mass is 285 g/mol. The molecule has 1 atom stereocenters. The van der Waals surface area contributed by atoms with Crippen LogP contribution < -0.4 is 4.74 Å². The van der Waals surface area contributed by atoms with E-state index in [4.69, 9.17) is 21.4 Å². The van der Waals surface area contributed by atoms with Gasteiger partial charge >= 0.3 is 5.97 Å². The van der Waals surface area contributed by atoms with Crippen LogP contribution in [0.4, 0.5) is 0 Å². The Labute approximate surface area is 116 Å². The van der Waals surface area contributed by atoms with Gasteiger partial charge in [-0.2, -0.15) is 0 Å². The normalized spacial score (nSPS) is 11.7. The van der Waals surface area contributed by atoms with Crippen molar-refractivity contribution < 1.29 is 19.4 Å². The molecule has 5 nitrogen and oxygen atoms in total. The summed E-state index contributed by atoms with van der Waals surface area (Å²) in [5, 5.41) is 9.20. The van der Waals surface area contributed by atoms with E-state index in [0.29, 0.717) is 10.8 Å². The second kappa shape index (κ2) is 6.99. The standard InChI is InChI=1S/C13H16ClNO4/c1-9(13(17)18)7-15(2)12(16)8-19-11-6-4-3-5-10(11)14/h3-6,9H,7-8H2,1-2H3,(H,17,18). The van der Waals surface area contributed by atoms with Crippen molar-refractivity contribution in [3.05, 3.63) is 29.3 Å². The summed E-state index contributed by atoms with van der Waals surface area (Å²) >= 11 is 5.89. The van der Waals surface area contributed by atoms with E-state index in [1.54, 1.807) is 31.2 Å². The Kier molecular flexibility index (Phi) is 5.63. The lowest BCUT2D eigenvalue weighted by atomic mass is 10.2. The maximum atomic E-state index is 11.8. The zero-order valence-electron chi connectivity index (χ0n) is 10.8. The molecule has 0 saturated heterocycles. The molecular formula is C13H16ClNO4. The third kappa shape index (κ3) is 4.79. The van der Waals surface area contributed by atoms with Gasteiger partial charge < -0.3 is 14.7 Å². The number of rotatable bonds is 6. The molecular weight excluding hydrogens is 270 g/mol. The Morgan fingerprint density at radius 3 is 2.63 bits per heavy atom. The van der Waals surface area contributed by atoms with Gasteiger partial charge in [-0.1, -0.05) is 30.7 Å². The highest BCUT2D eigenvalue weighted by Crippen LogP contribution is 2.22. The van der Waals surface area contributed by atoms with Gasteiger partial charge in [0.25, 0.3) is 5.91 Å². The Bertz CT molecular complexity index is 464. The molecule has 0 spiro atoms. The number of carbonyl (C=O) groups excluding carboxylic acids is 1. The lowest BCUT2D eigenvalue weighted by Gasteiger charge is -2.19. The number of nitrogens with zero attached hydrogens (tertiary/aromatic N) is 1. The first-order valence-electron chi connectivity index (χ1n) is 5.76. The summed E-state index contributed by atoms with van der Waals surface area (Å²) < 4.78 is 5.29. The number of carboxylic acid groups (broad SMARTS) is 1. The minimum absolute atomic E-state index is 0.139. The van der Waals surface area contributed by atoms with Crippen molar-refractivity contribution in [3.8, 4) is 5.75 Å². The van der Waals surface area contributed by atoms with E-state index in [0.717, 1.165) is 0 Å². The van der Waals surface area contributed by atoms with Gasteiger partial charge in [0.2, 0.25) is 0 Å². The summed E-state index contributed by atoms with van der Waals surface area (Å²) in [6.45, 7) is 1.51. The summed E-state index contributed by atoms with van der Waals surface area (Å²) in [7, 11) is 1.54. The number of amides is 1. The van der Waals surface area contributed by atoms with E-state index in [-0.39, 0.29) is 19.1 Å². The second-order valence-electron chi connectivity index (χ2n) is 4.23. The molecule has 1 unspecified atom stereocenters. The molecule has 104 valence electrons. The first-order valence-corrected chi connectivity index (χ1v) is 6.13. The quantitative estimate of drug-likeness (QED) is 0.867. The number of para-hydroxylation sites is 1. The predicted octanol–water partition coefficient (Wildman–Crippen LogP) is 1.90. The van der Waals surface area contributed by atoms with Crippen molar-refractivity contribution >= 4 is 23.5 Å². The van der Waals surface area contributed by atoms with Crippen molar-refractivity contribution in [1.29, 1.82) is 0 Å². The number of carboxylic acids is 1. The van der Waals surface area contributed by atoms with Gasteiger partial charge in [-0.15, -0.1) is 0 Å². The van der Waals surface area contributed by atoms with Crippen LogP contribution in [0.5, 0.6) is 5.75 Å². The highest BCUT2D eigenvalue weighted by molar-refractivity contribution is 6.32. The topological polar surface area (TPSA) is 66.8 Å². The summed E-state index contributed by atoms with van der Waals surface area (Å²) in [4.78, 5) is 23.8. The van der Waals surface area contributed by atoms with E-state index in [1.165, 1.54) is 11.9 Å². The molecule has 0 bridgehead atoms. The molecule has 19 heavy (non-hydrogen) atoms. The summed E-state index contributed by atoms with van der Waals surface area (Å²) in [5.41, 5.74) is 0. The van der Waals surface area contributed by atoms with Gasteiger partial charge in [0, 0.05) is 13.6 Å². The minimum atomic E-state index is -0.938. The number of benzene rings is 1. The molecule has 0 saturated carbocycles. The fourth-order valence-electron chi connectivity index (χ4n) is 1.40. The van der Waals surface area contributed by atoms with Gasteiger partial charge in [-0.3, -0.25) is 9.59 Å². The molecule has 1 amide bonds.